The number of carbonyl (C=O) groups is 1. The lowest BCUT2D eigenvalue weighted by molar-refractivity contribution is 0.103. The number of aromatic nitrogens is 2. The highest BCUT2D eigenvalue weighted by Crippen LogP contribution is 2.23. The van der Waals surface area contributed by atoms with E-state index in [9.17, 15) is 14.7 Å². The van der Waals surface area contributed by atoms with E-state index in [2.05, 4.69) is 4.98 Å². The van der Waals surface area contributed by atoms with Crippen LogP contribution in [-0.4, -0.2) is 20.4 Å². The van der Waals surface area contributed by atoms with Crippen molar-refractivity contribution in [2.75, 3.05) is 0 Å². The van der Waals surface area contributed by atoms with Gasteiger partial charge in [-0.05, 0) is 48.0 Å². The van der Waals surface area contributed by atoms with Crippen LogP contribution in [0.4, 0.5) is 0 Å². The highest BCUT2D eigenvalue weighted by atomic mass is 35.5. The van der Waals surface area contributed by atoms with Crippen LogP contribution >= 0.6 is 23.4 Å². The minimum atomic E-state index is -0.206. The average molecular weight is 437 g/mol. The summed E-state index contributed by atoms with van der Waals surface area (Å²) in [5.41, 5.74) is 2.53. The normalized spacial score (nSPS) is 11.0. The first-order chi connectivity index (χ1) is 14.4. The maximum absolute atomic E-state index is 12.6. The number of halogens is 1. The summed E-state index contributed by atoms with van der Waals surface area (Å²) in [5.74, 6) is 0.571. The summed E-state index contributed by atoms with van der Waals surface area (Å²) in [6, 6.07) is 18.8. The zero-order valence-corrected chi connectivity index (χ0v) is 17.6. The largest absolute Gasteiger partial charge is 0.508 e. The Morgan fingerprint density at radius 1 is 1.03 bits per heavy atom. The van der Waals surface area contributed by atoms with E-state index in [-0.39, 0.29) is 17.1 Å². The number of carbonyl (C=O) groups excluding carboxylic acids is 1. The number of fused-ring (bicyclic) bond motifs is 1. The Hall–Kier alpha value is -3.09. The molecule has 1 N–H and O–H groups in total. The number of benzene rings is 3. The van der Waals surface area contributed by atoms with Gasteiger partial charge < -0.3 is 5.11 Å². The Morgan fingerprint density at radius 2 is 1.67 bits per heavy atom. The molecule has 0 spiro atoms. The molecule has 30 heavy (non-hydrogen) atoms. The van der Waals surface area contributed by atoms with E-state index in [0.29, 0.717) is 38.0 Å². The molecule has 0 aliphatic rings. The van der Waals surface area contributed by atoms with Crippen molar-refractivity contribution in [1.29, 1.82) is 0 Å². The molecule has 0 aliphatic heterocycles. The number of phenolic OH excluding ortho intramolecular Hbond substituents is 1. The van der Waals surface area contributed by atoms with E-state index < -0.39 is 0 Å². The lowest BCUT2D eigenvalue weighted by Gasteiger charge is -2.09. The Bertz CT molecular complexity index is 1300. The SMILES string of the molecule is Cn1c(SCc2ccc(C(=O)c3ccc(Cl)cc3)cc2)nc2ccc(O)cc2c1=O. The van der Waals surface area contributed by atoms with Gasteiger partial charge in [-0.2, -0.15) is 0 Å². The van der Waals surface area contributed by atoms with Gasteiger partial charge in [0.15, 0.2) is 10.9 Å². The fourth-order valence-electron chi connectivity index (χ4n) is 3.04. The molecule has 0 amide bonds. The molecule has 1 aromatic heterocycles. The number of ketones is 1. The number of aromatic hydroxyl groups is 1. The van der Waals surface area contributed by atoms with E-state index in [1.165, 1.54) is 28.5 Å². The van der Waals surface area contributed by atoms with Crippen molar-refractivity contribution in [3.63, 3.8) is 0 Å². The molecular formula is C23H17ClN2O3S. The molecule has 4 aromatic rings. The van der Waals surface area contributed by atoms with Crippen LogP contribution in [0.15, 0.2) is 76.7 Å². The van der Waals surface area contributed by atoms with Crippen LogP contribution in [0.2, 0.25) is 5.02 Å². The third-order valence-electron chi connectivity index (χ3n) is 4.71. The Kier molecular flexibility index (Phi) is 5.61. The second-order valence-electron chi connectivity index (χ2n) is 6.78. The third-order valence-corrected chi connectivity index (χ3v) is 6.06. The summed E-state index contributed by atoms with van der Waals surface area (Å²) < 4.78 is 1.48. The smallest absolute Gasteiger partial charge is 0.261 e. The van der Waals surface area contributed by atoms with E-state index in [0.717, 1.165) is 5.56 Å². The van der Waals surface area contributed by atoms with Crippen molar-refractivity contribution in [1.82, 2.24) is 9.55 Å². The van der Waals surface area contributed by atoms with Gasteiger partial charge in [-0.3, -0.25) is 14.2 Å². The van der Waals surface area contributed by atoms with Crippen molar-refractivity contribution < 1.29 is 9.90 Å². The van der Waals surface area contributed by atoms with Crippen LogP contribution in [-0.2, 0) is 12.8 Å². The standard InChI is InChI=1S/C23H17ClN2O3S/c1-26-22(29)19-12-18(27)10-11-20(19)25-23(26)30-13-14-2-4-15(5-3-14)21(28)16-6-8-17(24)9-7-16/h2-12,27H,13H2,1H3. The summed E-state index contributed by atoms with van der Waals surface area (Å²) in [4.78, 5) is 29.6. The molecule has 0 saturated carbocycles. The van der Waals surface area contributed by atoms with Gasteiger partial charge in [0, 0.05) is 29.0 Å². The third kappa shape index (κ3) is 4.10. The number of rotatable bonds is 5. The maximum atomic E-state index is 12.6. The number of nitrogens with zero attached hydrogens (tertiary/aromatic N) is 2. The van der Waals surface area contributed by atoms with Gasteiger partial charge in [0.1, 0.15) is 5.75 Å². The molecule has 5 nitrogen and oxygen atoms in total. The summed E-state index contributed by atoms with van der Waals surface area (Å²) in [5, 5.41) is 11.2. The number of phenols is 1. The molecule has 0 fully saturated rings. The monoisotopic (exact) mass is 436 g/mol. The van der Waals surface area contributed by atoms with Crippen molar-refractivity contribution in [2.45, 2.75) is 10.9 Å². The Labute approximate surface area is 182 Å². The van der Waals surface area contributed by atoms with Crippen LogP contribution in [0, 0.1) is 0 Å². The van der Waals surface area contributed by atoms with E-state index in [1.807, 2.05) is 12.1 Å². The predicted octanol–water partition coefficient (Wildman–Crippen LogP) is 4.82. The fraction of sp³-hybridized carbons (Fsp3) is 0.0870. The first-order valence-electron chi connectivity index (χ1n) is 9.14. The zero-order valence-electron chi connectivity index (χ0n) is 16.0. The second kappa shape index (κ2) is 8.34. The van der Waals surface area contributed by atoms with Crippen LogP contribution in [0.25, 0.3) is 10.9 Å². The Balaban J connectivity index is 1.51. The van der Waals surface area contributed by atoms with Gasteiger partial charge in [0.25, 0.3) is 5.56 Å². The van der Waals surface area contributed by atoms with Gasteiger partial charge in [0.05, 0.1) is 10.9 Å². The quantitative estimate of drug-likeness (QED) is 0.276. The van der Waals surface area contributed by atoms with Crippen LogP contribution in [0.3, 0.4) is 0 Å². The highest BCUT2D eigenvalue weighted by molar-refractivity contribution is 7.98. The molecule has 0 bridgehead atoms. The van der Waals surface area contributed by atoms with Gasteiger partial charge >= 0.3 is 0 Å². The zero-order chi connectivity index (χ0) is 21.3. The van der Waals surface area contributed by atoms with Crippen molar-refractivity contribution in [2.24, 2.45) is 7.05 Å². The lowest BCUT2D eigenvalue weighted by Crippen LogP contribution is -2.19. The summed E-state index contributed by atoms with van der Waals surface area (Å²) in [6.45, 7) is 0. The topological polar surface area (TPSA) is 72.2 Å². The van der Waals surface area contributed by atoms with Crippen LogP contribution < -0.4 is 5.56 Å². The molecule has 7 heteroatoms. The van der Waals surface area contributed by atoms with E-state index in [4.69, 9.17) is 11.6 Å². The molecule has 0 unspecified atom stereocenters. The number of hydrogen-bond donors (Lipinski definition) is 1. The Morgan fingerprint density at radius 3 is 2.33 bits per heavy atom. The molecule has 4 rings (SSSR count). The van der Waals surface area contributed by atoms with E-state index >= 15 is 0 Å². The minimum absolute atomic E-state index is 0.0371. The number of hydrogen-bond acceptors (Lipinski definition) is 5. The minimum Gasteiger partial charge on any atom is -0.508 e. The summed E-state index contributed by atoms with van der Waals surface area (Å²) in [7, 11) is 1.66. The first kappa shape index (κ1) is 20.2. The summed E-state index contributed by atoms with van der Waals surface area (Å²) >= 11 is 7.31. The van der Waals surface area contributed by atoms with Gasteiger partial charge in [-0.1, -0.05) is 47.6 Å². The van der Waals surface area contributed by atoms with Gasteiger partial charge in [0.2, 0.25) is 0 Å². The van der Waals surface area contributed by atoms with Crippen molar-refractivity contribution in [3.05, 3.63) is 98.8 Å². The van der Waals surface area contributed by atoms with Crippen molar-refractivity contribution >= 4 is 40.0 Å². The number of thioether (sulfide) groups is 1. The predicted molar refractivity (Wildman–Crippen MR) is 120 cm³/mol. The molecule has 150 valence electrons. The highest BCUT2D eigenvalue weighted by Gasteiger charge is 2.11. The maximum Gasteiger partial charge on any atom is 0.261 e. The molecule has 0 aliphatic carbocycles. The van der Waals surface area contributed by atoms with Crippen LogP contribution in [0.5, 0.6) is 5.75 Å². The molecule has 0 saturated heterocycles. The summed E-state index contributed by atoms with van der Waals surface area (Å²) in [6.07, 6.45) is 0. The average Bonchev–Trinajstić information content (AvgIpc) is 2.76. The lowest BCUT2D eigenvalue weighted by atomic mass is 10.0. The molecule has 3 aromatic carbocycles. The molecular weight excluding hydrogens is 420 g/mol. The van der Waals surface area contributed by atoms with Gasteiger partial charge in [-0.15, -0.1) is 0 Å². The van der Waals surface area contributed by atoms with Gasteiger partial charge in [-0.25, -0.2) is 4.98 Å². The molecule has 0 radical (unpaired) electrons. The van der Waals surface area contributed by atoms with E-state index in [1.54, 1.807) is 49.5 Å². The second-order valence-corrected chi connectivity index (χ2v) is 8.16. The van der Waals surface area contributed by atoms with Crippen LogP contribution in [0.1, 0.15) is 21.5 Å². The first-order valence-corrected chi connectivity index (χ1v) is 10.5. The fourth-order valence-corrected chi connectivity index (χ4v) is 4.09. The molecule has 0 atom stereocenters. The van der Waals surface area contributed by atoms with Crippen molar-refractivity contribution in [3.8, 4) is 5.75 Å². The molecule has 1 heterocycles.